The second-order valence-electron chi connectivity index (χ2n) is 6.13. The quantitative estimate of drug-likeness (QED) is 0.793. The summed E-state index contributed by atoms with van der Waals surface area (Å²) in [5.74, 6) is -0.372. The predicted octanol–water partition coefficient (Wildman–Crippen LogP) is 2.27. The monoisotopic (exact) mass is 385 g/mol. The molecule has 1 saturated heterocycles. The Morgan fingerprint density at radius 3 is 2.59 bits per heavy atom. The lowest BCUT2D eigenvalue weighted by Gasteiger charge is -2.14. The van der Waals surface area contributed by atoms with E-state index in [1.54, 1.807) is 18.2 Å². The van der Waals surface area contributed by atoms with E-state index >= 15 is 0 Å². The van der Waals surface area contributed by atoms with Gasteiger partial charge < -0.3 is 10.1 Å². The van der Waals surface area contributed by atoms with Gasteiger partial charge in [0, 0.05) is 13.2 Å². The van der Waals surface area contributed by atoms with Crippen molar-refractivity contribution in [2.75, 3.05) is 17.9 Å². The molecule has 0 spiro atoms. The van der Waals surface area contributed by atoms with E-state index in [9.17, 15) is 13.2 Å². The average Bonchev–Trinajstić information content (AvgIpc) is 3.20. The van der Waals surface area contributed by atoms with Gasteiger partial charge in [-0.1, -0.05) is 12.1 Å². The fourth-order valence-electron chi connectivity index (χ4n) is 2.79. The number of nitrogens with zero attached hydrogens (tertiary/aromatic N) is 1. The molecule has 1 aliphatic heterocycles. The molecule has 0 aromatic heterocycles. The third-order valence-corrected chi connectivity index (χ3v) is 5.61. The molecule has 2 aromatic carbocycles. The molecule has 0 saturated carbocycles. The number of amides is 1. The number of para-hydroxylation sites is 1. The molecule has 1 unspecified atom stereocenters. The number of rotatable bonds is 6. The van der Waals surface area contributed by atoms with Crippen LogP contribution in [0.4, 0.5) is 5.69 Å². The van der Waals surface area contributed by atoms with Gasteiger partial charge in [0.1, 0.15) is 0 Å². The Hall–Kier alpha value is -2.89. The van der Waals surface area contributed by atoms with Crippen LogP contribution in [0, 0.1) is 11.3 Å². The lowest BCUT2D eigenvalue weighted by molar-refractivity contribution is 0.0858. The minimum atomic E-state index is -3.89. The van der Waals surface area contributed by atoms with E-state index in [0.717, 1.165) is 12.8 Å². The van der Waals surface area contributed by atoms with Crippen molar-refractivity contribution in [3.63, 3.8) is 0 Å². The van der Waals surface area contributed by atoms with Crippen molar-refractivity contribution in [1.29, 1.82) is 5.26 Å². The van der Waals surface area contributed by atoms with Crippen LogP contribution in [0.5, 0.6) is 0 Å². The highest BCUT2D eigenvalue weighted by Gasteiger charge is 2.20. The number of hydrogen-bond donors (Lipinski definition) is 2. The first-order valence-corrected chi connectivity index (χ1v) is 10.00. The molecule has 2 aromatic rings. The maximum atomic E-state index is 12.6. The van der Waals surface area contributed by atoms with Crippen molar-refractivity contribution in [1.82, 2.24) is 5.32 Å². The summed E-state index contributed by atoms with van der Waals surface area (Å²) < 4.78 is 33.1. The Morgan fingerprint density at radius 1 is 1.19 bits per heavy atom. The number of carbonyl (C=O) groups excluding carboxylic acids is 1. The molecule has 27 heavy (non-hydrogen) atoms. The molecular weight excluding hydrogens is 366 g/mol. The molecule has 1 atom stereocenters. The molecule has 1 fully saturated rings. The molecule has 0 bridgehead atoms. The SMILES string of the molecule is N#Cc1ccc(S(=O)(=O)Nc2ccccc2C(=O)NCC2CCCO2)cc1. The fraction of sp³-hybridized carbons (Fsp3) is 0.263. The molecule has 0 radical (unpaired) electrons. The molecular formula is C19H19N3O4S. The third-order valence-electron chi connectivity index (χ3n) is 4.22. The average molecular weight is 385 g/mol. The first-order chi connectivity index (χ1) is 13.0. The molecule has 0 aliphatic carbocycles. The normalized spacial score (nSPS) is 16.5. The molecule has 140 valence electrons. The standard InChI is InChI=1S/C19H19N3O4S/c20-12-14-7-9-16(10-8-14)27(24,25)22-18-6-2-1-5-17(18)19(23)21-13-15-4-3-11-26-15/h1-2,5-10,15,22H,3-4,11,13H2,(H,21,23). The minimum absolute atomic E-state index is 0.00328. The van der Waals surface area contributed by atoms with Crippen LogP contribution < -0.4 is 10.0 Å². The first-order valence-electron chi connectivity index (χ1n) is 8.51. The van der Waals surface area contributed by atoms with Crippen LogP contribution in [0.2, 0.25) is 0 Å². The lowest BCUT2D eigenvalue weighted by Crippen LogP contribution is -2.32. The maximum absolute atomic E-state index is 12.6. The zero-order valence-electron chi connectivity index (χ0n) is 14.5. The third kappa shape index (κ3) is 4.64. The van der Waals surface area contributed by atoms with Crippen molar-refractivity contribution < 1.29 is 17.9 Å². The highest BCUT2D eigenvalue weighted by molar-refractivity contribution is 7.92. The van der Waals surface area contributed by atoms with E-state index in [4.69, 9.17) is 10.00 Å². The number of benzene rings is 2. The molecule has 1 aliphatic rings. The van der Waals surface area contributed by atoms with Gasteiger partial charge in [-0.15, -0.1) is 0 Å². The smallest absolute Gasteiger partial charge is 0.261 e. The number of carbonyl (C=O) groups is 1. The summed E-state index contributed by atoms with van der Waals surface area (Å²) in [5, 5.41) is 11.6. The molecule has 3 rings (SSSR count). The van der Waals surface area contributed by atoms with Gasteiger partial charge in [0.05, 0.1) is 33.9 Å². The second kappa shape index (κ2) is 8.20. The number of ether oxygens (including phenoxy) is 1. The molecule has 7 nitrogen and oxygen atoms in total. The van der Waals surface area contributed by atoms with Crippen LogP contribution in [0.1, 0.15) is 28.8 Å². The van der Waals surface area contributed by atoms with Crippen molar-refractivity contribution in [3.8, 4) is 6.07 Å². The summed E-state index contributed by atoms with van der Waals surface area (Å²) in [7, 11) is -3.89. The van der Waals surface area contributed by atoms with Crippen molar-refractivity contribution in [2.24, 2.45) is 0 Å². The van der Waals surface area contributed by atoms with Gasteiger partial charge in [-0.25, -0.2) is 8.42 Å². The summed E-state index contributed by atoms with van der Waals surface area (Å²) >= 11 is 0. The Balaban J connectivity index is 1.76. The summed E-state index contributed by atoms with van der Waals surface area (Å²) in [4.78, 5) is 12.5. The Bertz CT molecular complexity index is 959. The highest BCUT2D eigenvalue weighted by atomic mass is 32.2. The fourth-order valence-corrected chi connectivity index (χ4v) is 3.87. The zero-order valence-corrected chi connectivity index (χ0v) is 15.3. The van der Waals surface area contributed by atoms with Crippen LogP contribution >= 0.6 is 0 Å². The summed E-state index contributed by atoms with van der Waals surface area (Å²) in [6.45, 7) is 1.08. The molecule has 1 heterocycles. The number of anilines is 1. The van der Waals surface area contributed by atoms with Gasteiger partial charge in [0.15, 0.2) is 0 Å². The Labute approximate surface area is 158 Å². The van der Waals surface area contributed by atoms with Gasteiger partial charge in [-0.2, -0.15) is 5.26 Å². The zero-order chi connectivity index (χ0) is 19.3. The van der Waals surface area contributed by atoms with Gasteiger partial charge >= 0.3 is 0 Å². The van der Waals surface area contributed by atoms with Crippen molar-refractivity contribution in [2.45, 2.75) is 23.8 Å². The molecule has 2 N–H and O–H groups in total. The number of hydrogen-bond acceptors (Lipinski definition) is 5. The van der Waals surface area contributed by atoms with Crippen LogP contribution in [0.25, 0.3) is 0 Å². The first kappa shape index (κ1) is 18.9. The van der Waals surface area contributed by atoms with Crippen LogP contribution in [-0.2, 0) is 14.8 Å². The van der Waals surface area contributed by atoms with E-state index in [1.165, 1.54) is 30.3 Å². The van der Waals surface area contributed by atoms with E-state index < -0.39 is 10.0 Å². The topological polar surface area (TPSA) is 108 Å². The number of nitriles is 1. The Morgan fingerprint density at radius 2 is 1.93 bits per heavy atom. The summed E-state index contributed by atoms with van der Waals surface area (Å²) in [6.07, 6.45) is 1.87. The van der Waals surface area contributed by atoms with Crippen LogP contribution in [-0.4, -0.2) is 33.6 Å². The second-order valence-corrected chi connectivity index (χ2v) is 7.81. The van der Waals surface area contributed by atoms with Crippen LogP contribution in [0.15, 0.2) is 53.4 Å². The van der Waals surface area contributed by atoms with E-state index in [2.05, 4.69) is 10.0 Å². The predicted molar refractivity (Wildman–Crippen MR) is 99.7 cm³/mol. The van der Waals surface area contributed by atoms with E-state index in [-0.39, 0.29) is 28.2 Å². The highest BCUT2D eigenvalue weighted by Crippen LogP contribution is 2.21. The van der Waals surface area contributed by atoms with Gasteiger partial charge in [-0.05, 0) is 49.2 Å². The Kier molecular flexibility index (Phi) is 5.74. The van der Waals surface area contributed by atoms with Crippen molar-refractivity contribution >= 4 is 21.6 Å². The lowest BCUT2D eigenvalue weighted by atomic mass is 10.1. The summed E-state index contributed by atoms with van der Waals surface area (Å²) in [5.41, 5.74) is 0.780. The van der Waals surface area contributed by atoms with Gasteiger partial charge in [-0.3, -0.25) is 9.52 Å². The van der Waals surface area contributed by atoms with Gasteiger partial charge in [0.2, 0.25) is 0 Å². The molecule has 8 heteroatoms. The molecule has 1 amide bonds. The van der Waals surface area contributed by atoms with Crippen LogP contribution in [0.3, 0.4) is 0 Å². The van der Waals surface area contributed by atoms with E-state index in [0.29, 0.717) is 18.7 Å². The summed E-state index contributed by atoms with van der Waals surface area (Å²) in [6, 6.07) is 13.9. The van der Waals surface area contributed by atoms with Crippen molar-refractivity contribution in [3.05, 3.63) is 59.7 Å². The number of sulfonamides is 1. The maximum Gasteiger partial charge on any atom is 0.261 e. The largest absolute Gasteiger partial charge is 0.376 e. The van der Waals surface area contributed by atoms with Gasteiger partial charge in [0.25, 0.3) is 15.9 Å². The van der Waals surface area contributed by atoms with E-state index in [1.807, 2.05) is 6.07 Å². The number of nitrogens with one attached hydrogen (secondary N) is 2. The minimum Gasteiger partial charge on any atom is -0.376 e.